The molecule has 0 unspecified atom stereocenters. The molecule has 3 aromatic carbocycles. The van der Waals surface area contributed by atoms with Gasteiger partial charge in [-0.15, -0.1) is 0 Å². The molecule has 0 fully saturated rings. The predicted molar refractivity (Wildman–Crippen MR) is 91.0 cm³/mol. The summed E-state index contributed by atoms with van der Waals surface area (Å²) in [6.45, 7) is 0. The standard InChI is InChI=1S/C19H2BF15O3.Na.H/c21-4-1(5(22)11(28)16(33)10(4)27)19(38-20(36)37,2-6(23)12(29)17(34)13(30)7(2)24)3-8(25)14(31)18(35)15(32)9(3)26;;/h36-37H;;/q;+1;-1. The van der Waals surface area contributed by atoms with Crippen LogP contribution in [-0.4, -0.2) is 17.4 Å². The fraction of sp³-hybridized carbons (Fsp3) is 0.0526. The van der Waals surface area contributed by atoms with Gasteiger partial charge in [0.1, 0.15) is 0 Å². The van der Waals surface area contributed by atoms with Crippen molar-refractivity contribution in [2.45, 2.75) is 5.60 Å². The normalized spacial score (nSPS) is 11.6. The van der Waals surface area contributed by atoms with E-state index >= 15 is 0 Å². The Morgan fingerprint density at radius 3 is 0.692 bits per heavy atom. The summed E-state index contributed by atoms with van der Waals surface area (Å²) in [4.78, 5) is 0. The first-order valence-electron chi connectivity index (χ1n) is 9.04. The molecular weight excluding hydrogens is 595 g/mol. The van der Waals surface area contributed by atoms with Crippen molar-refractivity contribution in [1.82, 2.24) is 0 Å². The van der Waals surface area contributed by atoms with Gasteiger partial charge in [0.05, 0.1) is 16.7 Å². The third-order valence-electron chi connectivity index (χ3n) is 4.97. The molecule has 0 bridgehead atoms. The number of hydrogen-bond acceptors (Lipinski definition) is 3. The van der Waals surface area contributed by atoms with E-state index in [0.717, 1.165) is 0 Å². The molecule has 0 heterocycles. The molecule has 20 heteroatoms. The van der Waals surface area contributed by atoms with E-state index in [2.05, 4.69) is 4.65 Å². The SMILES string of the molecule is OB(O)OC(c1c(F)c(F)c(F)c(F)c1F)(c1c(F)c(F)c(F)c(F)c1F)c1c(F)c(F)c(F)c(F)c1F.[H-].[Na+]. The molecule has 0 spiro atoms. The molecule has 0 aliphatic carbocycles. The minimum Gasteiger partial charge on any atom is -1.00 e. The average Bonchev–Trinajstić information content (AvgIpc) is 2.85. The molecule has 0 saturated carbocycles. The zero-order valence-corrected chi connectivity index (χ0v) is 20.0. The third kappa shape index (κ3) is 4.67. The number of rotatable bonds is 5. The molecule has 0 atom stereocenters. The fourth-order valence-electron chi connectivity index (χ4n) is 3.45. The van der Waals surface area contributed by atoms with E-state index in [0.29, 0.717) is 0 Å². The second-order valence-electron chi connectivity index (χ2n) is 6.96. The van der Waals surface area contributed by atoms with Gasteiger partial charge in [-0.05, 0) is 0 Å². The summed E-state index contributed by atoms with van der Waals surface area (Å²) in [7, 11) is -3.99. The summed E-state index contributed by atoms with van der Waals surface area (Å²) in [5.41, 5.74) is -15.0. The molecule has 206 valence electrons. The first-order chi connectivity index (χ1) is 17.4. The molecule has 39 heavy (non-hydrogen) atoms. The first kappa shape index (κ1) is 32.8. The van der Waals surface area contributed by atoms with Crippen LogP contribution < -0.4 is 29.6 Å². The van der Waals surface area contributed by atoms with Crippen LogP contribution in [0.3, 0.4) is 0 Å². The van der Waals surface area contributed by atoms with E-state index in [-0.39, 0.29) is 31.0 Å². The summed E-state index contributed by atoms with van der Waals surface area (Å²) in [5, 5.41) is 18.4. The zero-order valence-electron chi connectivity index (χ0n) is 19.0. The fourth-order valence-corrected chi connectivity index (χ4v) is 3.45. The number of hydrogen-bond donors (Lipinski definition) is 2. The molecule has 0 aliphatic heterocycles. The van der Waals surface area contributed by atoms with Gasteiger partial charge in [0.25, 0.3) is 0 Å². The largest absolute Gasteiger partial charge is 1.00 e. The summed E-state index contributed by atoms with van der Waals surface area (Å²) < 4.78 is 218. The van der Waals surface area contributed by atoms with Crippen LogP contribution in [0.5, 0.6) is 0 Å². The smallest absolute Gasteiger partial charge is 1.00 e. The van der Waals surface area contributed by atoms with E-state index in [1.807, 2.05) is 0 Å². The quantitative estimate of drug-likeness (QED) is 0.156. The van der Waals surface area contributed by atoms with Crippen molar-refractivity contribution >= 4 is 7.32 Å². The molecule has 3 nitrogen and oxygen atoms in total. The van der Waals surface area contributed by atoms with Gasteiger partial charge >= 0.3 is 36.9 Å². The van der Waals surface area contributed by atoms with Crippen LogP contribution in [0.4, 0.5) is 65.9 Å². The van der Waals surface area contributed by atoms with Gasteiger partial charge in [0.2, 0.25) is 17.5 Å². The van der Waals surface area contributed by atoms with Crippen molar-refractivity contribution in [2.75, 3.05) is 0 Å². The van der Waals surface area contributed by atoms with Crippen LogP contribution in [0.1, 0.15) is 18.1 Å². The molecule has 2 N–H and O–H groups in total. The Labute approximate surface area is 228 Å². The van der Waals surface area contributed by atoms with Crippen molar-refractivity contribution in [2.24, 2.45) is 0 Å². The van der Waals surface area contributed by atoms with Gasteiger partial charge in [0, 0.05) is 0 Å². The van der Waals surface area contributed by atoms with Gasteiger partial charge < -0.3 is 16.1 Å². The maximum atomic E-state index is 14.8. The third-order valence-corrected chi connectivity index (χ3v) is 4.97. The zero-order chi connectivity index (χ0) is 29.2. The average molecular weight is 598 g/mol. The molecule has 3 rings (SSSR count). The maximum Gasteiger partial charge on any atom is 1.00 e. The van der Waals surface area contributed by atoms with Gasteiger partial charge in [-0.3, -0.25) is 0 Å². The Hall–Kier alpha value is -2.45. The minimum absolute atomic E-state index is 0. The van der Waals surface area contributed by atoms with Gasteiger partial charge in [-0.1, -0.05) is 0 Å². The van der Waals surface area contributed by atoms with Crippen molar-refractivity contribution in [3.05, 3.63) is 104 Å². The topological polar surface area (TPSA) is 49.7 Å². The Morgan fingerprint density at radius 1 is 0.385 bits per heavy atom. The van der Waals surface area contributed by atoms with Crippen LogP contribution in [0, 0.1) is 87.3 Å². The van der Waals surface area contributed by atoms with Gasteiger partial charge in [-0.2, -0.15) is 0 Å². The van der Waals surface area contributed by atoms with Crippen LogP contribution in [0.25, 0.3) is 0 Å². The maximum absolute atomic E-state index is 14.8. The van der Waals surface area contributed by atoms with Crippen LogP contribution >= 0.6 is 0 Å². The van der Waals surface area contributed by atoms with Gasteiger partial charge in [0.15, 0.2) is 75.4 Å². The van der Waals surface area contributed by atoms with E-state index in [9.17, 15) is 75.9 Å². The Balaban J connectivity index is 0.00000400. The summed E-state index contributed by atoms with van der Waals surface area (Å²) in [5.74, 6) is -49.2. The molecular formula is C19H3BF15NaO3. The van der Waals surface area contributed by atoms with Gasteiger partial charge in [-0.25, -0.2) is 65.9 Å². The van der Waals surface area contributed by atoms with Crippen molar-refractivity contribution in [1.29, 1.82) is 0 Å². The van der Waals surface area contributed by atoms with E-state index in [1.165, 1.54) is 0 Å². The monoisotopic (exact) mass is 598 g/mol. The Bertz CT molecular complexity index is 1250. The molecule has 0 radical (unpaired) electrons. The summed E-state index contributed by atoms with van der Waals surface area (Å²) in [6, 6.07) is 0. The van der Waals surface area contributed by atoms with Crippen LogP contribution in [0.15, 0.2) is 0 Å². The second kappa shape index (κ2) is 11.2. The van der Waals surface area contributed by atoms with Crippen molar-refractivity contribution in [3.8, 4) is 0 Å². The summed E-state index contributed by atoms with van der Waals surface area (Å²) >= 11 is 0. The Kier molecular flexibility index (Phi) is 9.41. The predicted octanol–water partition coefficient (Wildman–Crippen LogP) is 2.17. The van der Waals surface area contributed by atoms with E-state index < -0.39 is 117 Å². The van der Waals surface area contributed by atoms with Crippen molar-refractivity contribution in [3.63, 3.8) is 0 Å². The van der Waals surface area contributed by atoms with E-state index in [4.69, 9.17) is 0 Å². The first-order valence-corrected chi connectivity index (χ1v) is 9.04. The number of halogens is 15. The Morgan fingerprint density at radius 2 is 0.538 bits per heavy atom. The molecule has 0 aliphatic rings. The summed E-state index contributed by atoms with van der Waals surface area (Å²) in [6.07, 6.45) is 0. The number of benzene rings is 3. The molecule has 0 aromatic heterocycles. The van der Waals surface area contributed by atoms with Crippen LogP contribution in [0.2, 0.25) is 0 Å². The van der Waals surface area contributed by atoms with Crippen molar-refractivity contribution < 1.29 is 112 Å². The van der Waals surface area contributed by atoms with E-state index in [1.54, 1.807) is 0 Å². The molecule has 0 amide bonds. The molecule has 0 saturated heterocycles. The molecule has 3 aromatic rings. The van der Waals surface area contributed by atoms with Crippen LogP contribution in [-0.2, 0) is 10.3 Å². The second-order valence-corrected chi connectivity index (χ2v) is 6.96. The minimum atomic E-state index is -5.43.